The summed E-state index contributed by atoms with van der Waals surface area (Å²) >= 11 is 0. The van der Waals surface area contributed by atoms with Gasteiger partial charge in [-0.2, -0.15) is 0 Å². The third kappa shape index (κ3) is 4.38. The Balaban J connectivity index is 1.29. The van der Waals surface area contributed by atoms with Gasteiger partial charge in [0.25, 0.3) is 0 Å². The second-order valence-corrected chi connectivity index (χ2v) is 9.59. The summed E-state index contributed by atoms with van der Waals surface area (Å²) in [6, 6.07) is 8.90. The number of benzene rings is 2. The Bertz CT molecular complexity index is 1110. The minimum Gasteiger partial charge on any atom is -0.493 e. The van der Waals surface area contributed by atoms with E-state index in [2.05, 4.69) is 34.7 Å². The number of hydrogen-bond acceptors (Lipinski definition) is 6. The summed E-state index contributed by atoms with van der Waals surface area (Å²) in [6.07, 6.45) is 3.63. The Hall–Kier alpha value is -3.04. The van der Waals surface area contributed by atoms with Crippen LogP contribution in [0, 0.1) is 5.82 Å². The quantitative estimate of drug-likeness (QED) is 0.666. The zero-order valence-corrected chi connectivity index (χ0v) is 20.4. The second kappa shape index (κ2) is 9.54. The van der Waals surface area contributed by atoms with Gasteiger partial charge in [-0.1, -0.05) is 6.07 Å². The molecule has 5 rings (SSSR count). The van der Waals surface area contributed by atoms with Gasteiger partial charge < -0.3 is 34.5 Å². The highest BCUT2D eigenvalue weighted by Gasteiger charge is 2.50. The molecule has 1 saturated heterocycles. The maximum atomic E-state index is 14.5. The molecule has 0 radical (unpaired) electrons. The minimum atomic E-state index is -0.514. The smallest absolute Gasteiger partial charge is 0.319 e. The lowest BCUT2D eigenvalue weighted by Crippen LogP contribution is -2.52. The Morgan fingerprint density at radius 2 is 2.00 bits per heavy atom. The first kappa shape index (κ1) is 23.7. The largest absolute Gasteiger partial charge is 0.493 e. The monoisotopic (exact) mass is 485 g/mol. The van der Waals surface area contributed by atoms with E-state index in [-0.39, 0.29) is 36.6 Å². The summed E-state index contributed by atoms with van der Waals surface area (Å²) in [7, 11) is 5.44. The molecule has 3 aliphatic rings. The third-order valence-corrected chi connectivity index (χ3v) is 7.77. The van der Waals surface area contributed by atoms with E-state index in [9.17, 15) is 9.18 Å². The van der Waals surface area contributed by atoms with Crippen LogP contribution in [0.25, 0.3) is 0 Å². The molecule has 0 aromatic heterocycles. The van der Waals surface area contributed by atoms with E-state index in [1.165, 1.54) is 17.7 Å². The van der Waals surface area contributed by atoms with Crippen LogP contribution in [0.15, 0.2) is 30.3 Å². The Kier molecular flexibility index (Phi) is 6.46. The van der Waals surface area contributed by atoms with Crippen molar-refractivity contribution in [3.8, 4) is 17.2 Å². The lowest BCUT2D eigenvalue weighted by atomic mass is 9.65. The molecule has 9 heteroatoms. The number of ether oxygens (including phenoxy) is 4. The molecule has 0 unspecified atom stereocenters. The van der Waals surface area contributed by atoms with Gasteiger partial charge in [0.15, 0.2) is 18.3 Å². The number of methoxy groups -OCH3 is 2. The number of likely N-dealkylation sites (tertiary alicyclic amines) is 1. The van der Waals surface area contributed by atoms with Crippen molar-refractivity contribution >= 4 is 11.7 Å². The van der Waals surface area contributed by atoms with Gasteiger partial charge in [-0.3, -0.25) is 0 Å². The molecule has 2 heterocycles. The van der Waals surface area contributed by atoms with E-state index in [0.29, 0.717) is 11.3 Å². The molecule has 3 atom stereocenters. The maximum Gasteiger partial charge on any atom is 0.319 e. The number of carbonyl (C=O) groups is 1. The molecule has 8 nitrogen and oxygen atoms in total. The number of amides is 2. The number of fused-ring (bicyclic) bond motifs is 2. The van der Waals surface area contributed by atoms with Gasteiger partial charge in [0, 0.05) is 29.1 Å². The zero-order valence-electron chi connectivity index (χ0n) is 20.4. The molecule has 2 amide bonds. The molecule has 2 aliphatic heterocycles. The Labute approximate surface area is 204 Å². The Morgan fingerprint density at radius 1 is 1.17 bits per heavy atom. The highest BCUT2D eigenvalue weighted by atomic mass is 19.1. The number of likely N-dealkylation sites (N-methyl/N-ethyl adjacent to an activating group) is 1. The van der Waals surface area contributed by atoms with E-state index in [1.807, 2.05) is 6.07 Å². The van der Waals surface area contributed by atoms with E-state index < -0.39 is 11.8 Å². The summed E-state index contributed by atoms with van der Waals surface area (Å²) in [6.45, 7) is 1.39. The normalized spacial score (nSPS) is 25.7. The van der Waals surface area contributed by atoms with Crippen LogP contribution in [0.4, 0.5) is 14.9 Å². The molecular weight excluding hydrogens is 453 g/mol. The molecule has 2 aromatic rings. The number of halogens is 1. The number of rotatable bonds is 5. The lowest BCUT2D eigenvalue weighted by molar-refractivity contribution is -0.0165. The third-order valence-electron chi connectivity index (χ3n) is 7.77. The average molecular weight is 486 g/mol. The van der Waals surface area contributed by atoms with E-state index in [1.54, 1.807) is 14.2 Å². The van der Waals surface area contributed by atoms with Crippen LogP contribution in [0.3, 0.4) is 0 Å². The van der Waals surface area contributed by atoms with Crippen LogP contribution in [-0.2, 0) is 16.8 Å². The first-order valence-electron chi connectivity index (χ1n) is 12.0. The van der Waals surface area contributed by atoms with Gasteiger partial charge in [0.2, 0.25) is 0 Å². The number of carbonyl (C=O) groups excluding carboxylic acids is 1. The van der Waals surface area contributed by atoms with E-state index in [0.717, 1.165) is 43.7 Å². The average Bonchev–Trinajstić information content (AvgIpc) is 3.21. The molecule has 2 N–H and O–H groups in total. The van der Waals surface area contributed by atoms with Crippen LogP contribution in [0.5, 0.6) is 17.2 Å². The fourth-order valence-corrected chi connectivity index (χ4v) is 5.93. The van der Waals surface area contributed by atoms with Crippen molar-refractivity contribution in [2.45, 2.75) is 49.8 Å². The van der Waals surface area contributed by atoms with E-state index >= 15 is 0 Å². The minimum absolute atomic E-state index is 0.00698. The summed E-state index contributed by atoms with van der Waals surface area (Å²) in [5.41, 5.74) is 1.96. The first-order chi connectivity index (χ1) is 16.9. The number of nitrogens with zero attached hydrogens (tertiary/aromatic N) is 1. The molecule has 2 fully saturated rings. The van der Waals surface area contributed by atoms with Crippen LogP contribution in [0.2, 0.25) is 0 Å². The number of anilines is 1. The zero-order chi connectivity index (χ0) is 24.6. The highest BCUT2D eigenvalue weighted by Crippen LogP contribution is 2.49. The summed E-state index contributed by atoms with van der Waals surface area (Å²) < 4.78 is 36.1. The van der Waals surface area contributed by atoms with Crippen molar-refractivity contribution in [3.63, 3.8) is 0 Å². The molecule has 0 spiro atoms. The van der Waals surface area contributed by atoms with Gasteiger partial charge in [0.05, 0.1) is 26.5 Å². The fourth-order valence-electron chi connectivity index (χ4n) is 5.93. The molecular formula is C26H32FN3O5. The van der Waals surface area contributed by atoms with Gasteiger partial charge in [-0.05, 0) is 63.0 Å². The number of hydrogen-bond donors (Lipinski definition) is 2. The maximum absolute atomic E-state index is 14.5. The van der Waals surface area contributed by atoms with Crippen LogP contribution >= 0.6 is 0 Å². The molecule has 1 saturated carbocycles. The predicted molar refractivity (Wildman–Crippen MR) is 129 cm³/mol. The summed E-state index contributed by atoms with van der Waals surface area (Å²) in [5, 5.41) is 5.72. The molecule has 1 aliphatic carbocycles. The van der Waals surface area contributed by atoms with Crippen molar-refractivity contribution in [2.75, 3.05) is 39.9 Å². The Morgan fingerprint density at radius 3 is 2.80 bits per heavy atom. The summed E-state index contributed by atoms with van der Waals surface area (Å²) in [4.78, 5) is 15.2. The topological polar surface area (TPSA) is 81.3 Å². The van der Waals surface area contributed by atoms with Crippen molar-refractivity contribution in [3.05, 3.63) is 47.3 Å². The molecule has 35 heavy (non-hydrogen) atoms. The van der Waals surface area contributed by atoms with Crippen molar-refractivity contribution < 1.29 is 28.1 Å². The van der Waals surface area contributed by atoms with Gasteiger partial charge in [-0.25, -0.2) is 9.18 Å². The second-order valence-electron chi connectivity index (χ2n) is 9.59. The number of nitrogens with one attached hydrogen (secondary N) is 2. The van der Waals surface area contributed by atoms with Gasteiger partial charge in [0.1, 0.15) is 11.6 Å². The molecule has 188 valence electrons. The van der Waals surface area contributed by atoms with Gasteiger partial charge in [-0.15, -0.1) is 0 Å². The van der Waals surface area contributed by atoms with Crippen molar-refractivity contribution in [2.24, 2.45) is 0 Å². The number of urea groups is 1. The lowest BCUT2D eigenvalue weighted by Gasteiger charge is -2.45. The van der Waals surface area contributed by atoms with Crippen LogP contribution in [-0.4, -0.2) is 57.6 Å². The van der Waals surface area contributed by atoms with Crippen molar-refractivity contribution in [1.82, 2.24) is 10.2 Å². The van der Waals surface area contributed by atoms with Gasteiger partial charge >= 0.3 is 6.03 Å². The SMILES string of the molecule is COc1ccc([C@@]23CC[C@H](NC(=O)Nc4cc5c(cc4F)COCO5)C[C@H]2N(C)CC3)cc1OC. The standard InChI is InChI=1S/C26H32FN3O5/c1-30-9-8-26(17-4-5-21(32-2)23(11-17)33-3)7-6-18(12-24(26)30)28-25(31)29-20-13-22-16(10-19(20)27)14-34-15-35-22/h4-5,10-11,13,18,24H,6-9,12,14-15H2,1-3H3,(H2,28,29,31)/t18-,24+,26-/m0/s1. The summed E-state index contributed by atoms with van der Waals surface area (Å²) in [5.74, 6) is 1.46. The fraction of sp³-hybridized carbons (Fsp3) is 0.500. The van der Waals surface area contributed by atoms with Crippen LogP contribution < -0.4 is 24.8 Å². The molecule has 0 bridgehead atoms. The van der Waals surface area contributed by atoms with Crippen molar-refractivity contribution in [1.29, 1.82) is 0 Å². The molecule has 2 aromatic carbocycles. The first-order valence-corrected chi connectivity index (χ1v) is 12.0. The predicted octanol–water partition coefficient (Wildman–Crippen LogP) is 4.03. The van der Waals surface area contributed by atoms with Crippen LogP contribution in [0.1, 0.15) is 36.8 Å². The highest BCUT2D eigenvalue weighted by molar-refractivity contribution is 5.90. The van der Waals surface area contributed by atoms with E-state index in [4.69, 9.17) is 18.9 Å².